The standard InChI is InChI=1S/C20H42N2/c1-3-5-6-8-12-17-22-18-20-15-14-19(20)13-10-7-9-11-16-21-4-2/h19-22H,3-18H2,1-2H3. The third-order valence-corrected chi connectivity index (χ3v) is 5.37. The van der Waals surface area contributed by atoms with E-state index in [-0.39, 0.29) is 0 Å². The zero-order valence-electron chi connectivity index (χ0n) is 15.5. The van der Waals surface area contributed by atoms with Crippen LogP contribution in [-0.4, -0.2) is 26.2 Å². The Balaban J connectivity index is 1.84. The fourth-order valence-corrected chi connectivity index (χ4v) is 3.61. The maximum Gasteiger partial charge on any atom is -0.00179 e. The summed E-state index contributed by atoms with van der Waals surface area (Å²) in [4.78, 5) is 0. The van der Waals surface area contributed by atoms with E-state index in [0.717, 1.165) is 18.4 Å². The van der Waals surface area contributed by atoms with Crippen LogP contribution in [-0.2, 0) is 0 Å². The predicted molar refractivity (Wildman–Crippen MR) is 99.5 cm³/mol. The minimum atomic E-state index is 0.998. The van der Waals surface area contributed by atoms with E-state index in [4.69, 9.17) is 0 Å². The van der Waals surface area contributed by atoms with E-state index >= 15 is 0 Å². The Labute approximate surface area is 140 Å². The summed E-state index contributed by atoms with van der Waals surface area (Å²) >= 11 is 0. The van der Waals surface area contributed by atoms with Gasteiger partial charge in [0, 0.05) is 0 Å². The van der Waals surface area contributed by atoms with Gasteiger partial charge in [0.05, 0.1) is 0 Å². The molecule has 0 heterocycles. The van der Waals surface area contributed by atoms with Gasteiger partial charge in [0.2, 0.25) is 0 Å². The van der Waals surface area contributed by atoms with Crippen molar-refractivity contribution in [3.05, 3.63) is 0 Å². The third kappa shape index (κ3) is 9.84. The number of rotatable bonds is 16. The summed E-state index contributed by atoms with van der Waals surface area (Å²) in [6.45, 7) is 9.35. The molecule has 1 rings (SSSR count). The molecule has 0 radical (unpaired) electrons. The molecule has 2 nitrogen and oxygen atoms in total. The Bertz CT molecular complexity index is 206. The second kappa shape index (κ2) is 14.5. The Morgan fingerprint density at radius 3 is 1.95 bits per heavy atom. The molecule has 2 unspecified atom stereocenters. The summed E-state index contributed by atoms with van der Waals surface area (Å²) in [5.74, 6) is 2.04. The van der Waals surface area contributed by atoms with Crippen molar-refractivity contribution < 1.29 is 0 Å². The van der Waals surface area contributed by atoms with Gasteiger partial charge in [0.15, 0.2) is 0 Å². The Kier molecular flexibility index (Phi) is 13.2. The minimum Gasteiger partial charge on any atom is -0.317 e. The molecule has 0 aromatic heterocycles. The Morgan fingerprint density at radius 2 is 1.32 bits per heavy atom. The highest BCUT2D eigenvalue weighted by atomic mass is 14.9. The van der Waals surface area contributed by atoms with E-state index in [0.29, 0.717) is 0 Å². The molecule has 1 saturated carbocycles. The van der Waals surface area contributed by atoms with Crippen LogP contribution in [0.1, 0.15) is 90.9 Å². The lowest BCUT2D eigenvalue weighted by Crippen LogP contribution is -2.35. The molecule has 2 N–H and O–H groups in total. The van der Waals surface area contributed by atoms with Gasteiger partial charge in [-0.1, -0.05) is 65.2 Å². The Morgan fingerprint density at radius 1 is 0.682 bits per heavy atom. The van der Waals surface area contributed by atoms with E-state index in [2.05, 4.69) is 24.5 Å². The predicted octanol–water partition coefficient (Wildman–Crippen LogP) is 5.13. The van der Waals surface area contributed by atoms with Gasteiger partial charge in [-0.3, -0.25) is 0 Å². The molecule has 132 valence electrons. The highest BCUT2D eigenvalue weighted by Crippen LogP contribution is 2.37. The first-order valence-electron chi connectivity index (χ1n) is 10.3. The first kappa shape index (κ1) is 20.0. The molecule has 1 aliphatic rings. The van der Waals surface area contributed by atoms with Crippen molar-refractivity contribution in [3.8, 4) is 0 Å². The van der Waals surface area contributed by atoms with Crippen LogP contribution in [0, 0.1) is 11.8 Å². The van der Waals surface area contributed by atoms with Crippen molar-refractivity contribution in [3.63, 3.8) is 0 Å². The van der Waals surface area contributed by atoms with Gasteiger partial charge in [-0.2, -0.15) is 0 Å². The molecule has 0 saturated heterocycles. The SMILES string of the molecule is CCCCCCCNCC1CCC1CCCCCCNCC. The zero-order chi connectivity index (χ0) is 15.9. The summed E-state index contributed by atoms with van der Waals surface area (Å²) in [6, 6.07) is 0. The molecule has 0 aromatic rings. The average molecular weight is 311 g/mol. The van der Waals surface area contributed by atoms with Crippen molar-refractivity contribution in [1.82, 2.24) is 10.6 Å². The van der Waals surface area contributed by atoms with Crippen molar-refractivity contribution in [2.75, 3.05) is 26.2 Å². The number of hydrogen-bond acceptors (Lipinski definition) is 2. The van der Waals surface area contributed by atoms with E-state index in [9.17, 15) is 0 Å². The monoisotopic (exact) mass is 310 g/mol. The maximum atomic E-state index is 3.71. The maximum absolute atomic E-state index is 3.71. The lowest BCUT2D eigenvalue weighted by Gasteiger charge is -2.37. The van der Waals surface area contributed by atoms with Gasteiger partial charge in [-0.15, -0.1) is 0 Å². The second-order valence-corrected chi connectivity index (χ2v) is 7.27. The lowest BCUT2D eigenvalue weighted by molar-refractivity contribution is 0.156. The quantitative estimate of drug-likeness (QED) is 0.386. The first-order chi connectivity index (χ1) is 10.9. The van der Waals surface area contributed by atoms with Gasteiger partial charge in [0.25, 0.3) is 0 Å². The summed E-state index contributed by atoms with van der Waals surface area (Å²) < 4.78 is 0. The van der Waals surface area contributed by atoms with Crippen LogP contribution in [0.15, 0.2) is 0 Å². The molecule has 0 aromatic carbocycles. The van der Waals surface area contributed by atoms with Crippen LogP contribution < -0.4 is 10.6 Å². The lowest BCUT2D eigenvalue weighted by atomic mass is 9.71. The van der Waals surface area contributed by atoms with Gasteiger partial charge in [-0.25, -0.2) is 0 Å². The average Bonchev–Trinajstić information content (AvgIpc) is 2.51. The first-order valence-corrected chi connectivity index (χ1v) is 10.3. The van der Waals surface area contributed by atoms with Gasteiger partial charge in [0.1, 0.15) is 0 Å². The van der Waals surface area contributed by atoms with Crippen molar-refractivity contribution >= 4 is 0 Å². The zero-order valence-corrected chi connectivity index (χ0v) is 15.5. The summed E-state index contributed by atoms with van der Waals surface area (Å²) in [6.07, 6.45) is 17.2. The van der Waals surface area contributed by atoms with E-state index in [1.54, 1.807) is 0 Å². The smallest absolute Gasteiger partial charge is 0.00179 e. The topological polar surface area (TPSA) is 24.1 Å². The Hall–Kier alpha value is -0.0800. The fraction of sp³-hybridized carbons (Fsp3) is 1.00. The number of unbranched alkanes of at least 4 members (excludes halogenated alkanes) is 7. The summed E-state index contributed by atoms with van der Waals surface area (Å²) in [7, 11) is 0. The van der Waals surface area contributed by atoms with Crippen LogP contribution in [0.25, 0.3) is 0 Å². The molecule has 0 amide bonds. The number of hydrogen-bond donors (Lipinski definition) is 2. The molecule has 1 fully saturated rings. The number of nitrogens with one attached hydrogen (secondary N) is 2. The highest BCUT2D eigenvalue weighted by Gasteiger charge is 2.29. The van der Waals surface area contributed by atoms with Gasteiger partial charge >= 0.3 is 0 Å². The summed E-state index contributed by atoms with van der Waals surface area (Å²) in [5, 5.41) is 7.12. The molecule has 22 heavy (non-hydrogen) atoms. The molecule has 1 aliphatic carbocycles. The van der Waals surface area contributed by atoms with Gasteiger partial charge < -0.3 is 10.6 Å². The summed E-state index contributed by atoms with van der Waals surface area (Å²) in [5.41, 5.74) is 0. The van der Waals surface area contributed by atoms with Crippen LogP contribution >= 0.6 is 0 Å². The van der Waals surface area contributed by atoms with E-state index in [1.165, 1.54) is 96.7 Å². The molecular formula is C20H42N2. The normalized spacial score (nSPS) is 21.0. The highest BCUT2D eigenvalue weighted by molar-refractivity contribution is 4.82. The van der Waals surface area contributed by atoms with Crippen LogP contribution in [0.5, 0.6) is 0 Å². The van der Waals surface area contributed by atoms with Crippen molar-refractivity contribution in [2.24, 2.45) is 11.8 Å². The fourth-order valence-electron chi connectivity index (χ4n) is 3.61. The van der Waals surface area contributed by atoms with E-state index < -0.39 is 0 Å². The van der Waals surface area contributed by atoms with E-state index in [1.807, 2.05) is 0 Å². The van der Waals surface area contributed by atoms with Crippen molar-refractivity contribution in [1.29, 1.82) is 0 Å². The molecule has 0 aliphatic heterocycles. The third-order valence-electron chi connectivity index (χ3n) is 5.37. The molecule has 0 spiro atoms. The molecule has 0 bridgehead atoms. The second-order valence-electron chi connectivity index (χ2n) is 7.27. The van der Waals surface area contributed by atoms with Crippen molar-refractivity contribution in [2.45, 2.75) is 90.9 Å². The van der Waals surface area contributed by atoms with Crippen LogP contribution in [0.3, 0.4) is 0 Å². The van der Waals surface area contributed by atoms with Crippen LogP contribution in [0.2, 0.25) is 0 Å². The van der Waals surface area contributed by atoms with Gasteiger partial charge in [-0.05, 0) is 63.7 Å². The molecule has 2 heteroatoms. The molecular weight excluding hydrogens is 268 g/mol. The molecule has 2 atom stereocenters. The minimum absolute atomic E-state index is 0.998. The van der Waals surface area contributed by atoms with Crippen LogP contribution in [0.4, 0.5) is 0 Å². The largest absolute Gasteiger partial charge is 0.317 e.